The zero-order valence-corrected chi connectivity index (χ0v) is 15.2. The number of carbonyl (C=O) groups is 4. The number of hydrogen-bond acceptors (Lipinski definition) is 6. The lowest BCUT2D eigenvalue weighted by atomic mass is 9.89. The lowest BCUT2D eigenvalue weighted by molar-refractivity contribution is -0.166. The van der Waals surface area contributed by atoms with Crippen LogP contribution in [0.3, 0.4) is 0 Å². The quantitative estimate of drug-likeness (QED) is 0.352. The molecular weight excluding hydrogens is 354 g/mol. The van der Waals surface area contributed by atoms with Gasteiger partial charge in [0.2, 0.25) is 5.91 Å². The summed E-state index contributed by atoms with van der Waals surface area (Å²) in [6.07, 6.45) is 0.621. The summed E-state index contributed by atoms with van der Waals surface area (Å²) in [5, 5.41) is 17.3. The van der Waals surface area contributed by atoms with Gasteiger partial charge in [-0.1, -0.05) is 0 Å². The number of nitrogens with zero attached hydrogens (tertiary/aromatic N) is 1. The summed E-state index contributed by atoms with van der Waals surface area (Å²) in [6.45, 7) is 3.86. The Morgan fingerprint density at radius 2 is 1.83 bits per heavy atom. The zero-order chi connectivity index (χ0) is 18.1. The molecule has 2 fully saturated rings. The van der Waals surface area contributed by atoms with Crippen molar-refractivity contribution < 1.29 is 29.4 Å². The minimum absolute atomic E-state index is 0.0173. The SMILES string of the molecule is CC1(C)S[C@@H]2[C@H](C(=O)O)C(=O)N2[C@H]1CC(=O)CCSCCC(=O)O. The molecule has 9 heteroatoms. The van der Waals surface area contributed by atoms with Gasteiger partial charge in [0.15, 0.2) is 5.92 Å². The van der Waals surface area contributed by atoms with E-state index in [1.807, 2.05) is 13.8 Å². The first-order chi connectivity index (χ1) is 11.1. The third-order valence-electron chi connectivity index (χ3n) is 4.32. The molecule has 3 atom stereocenters. The van der Waals surface area contributed by atoms with Crippen LogP contribution in [0.5, 0.6) is 0 Å². The average molecular weight is 375 g/mol. The van der Waals surface area contributed by atoms with Gasteiger partial charge in [-0.3, -0.25) is 19.2 Å². The second-order valence-corrected chi connectivity index (χ2v) is 9.43. The van der Waals surface area contributed by atoms with Crippen LogP contribution >= 0.6 is 23.5 Å². The van der Waals surface area contributed by atoms with E-state index in [1.54, 1.807) is 4.90 Å². The molecule has 0 aromatic heterocycles. The van der Waals surface area contributed by atoms with Gasteiger partial charge in [0, 0.05) is 29.1 Å². The van der Waals surface area contributed by atoms with E-state index in [-0.39, 0.29) is 34.8 Å². The van der Waals surface area contributed by atoms with Crippen molar-refractivity contribution in [2.75, 3.05) is 11.5 Å². The molecule has 2 N–H and O–H groups in total. The number of β-lactam (4-membered cyclic amide) rings is 1. The second kappa shape index (κ2) is 7.35. The Balaban J connectivity index is 1.85. The Labute approximate surface area is 148 Å². The molecule has 0 spiro atoms. The van der Waals surface area contributed by atoms with Crippen LogP contribution in [0.25, 0.3) is 0 Å². The third-order valence-corrected chi connectivity index (χ3v) is 6.92. The number of carboxylic acids is 2. The number of aliphatic carboxylic acids is 2. The molecule has 0 radical (unpaired) electrons. The highest BCUT2D eigenvalue weighted by Gasteiger charge is 2.63. The fourth-order valence-corrected chi connectivity index (χ4v) is 5.61. The van der Waals surface area contributed by atoms with E-state index in [1.165, 1.54) is 23.5 Å². The molecule has 0 aromatic rings. The number of rotatable bonds is 9. The van der Waals surface area contributed by atoms with Gasteiger partial charge in [-0.15, -0.1) is 11.8 Å². The van der Waals surface area contributed by atoms with Gasteiger partial charge in [-0.2, -0.15) is 11.8 Å². The van der Waals surface area contributed by atoms with Crippen LogP contribution in [0.2, 0.25) is 0 Å². The van der Waals surface area contributed by atoms with Crippen LogP contribution < -0.4 is 0 Å². The van der Waals surface area contributed by atoms with Gasteiger partial charge in [0.1, 0.15) is 11.2 Å². The number of thioether (sulfide) groups is 2. The summed E-state index contributed by atoms with van der Waals surface area (Å²) in [4.78, 5) is 47.4. The molecule has 24 heavy (non-hydrogen) atoms. The van der Waals surface area contributed by atoms with Crippen LogP contribution in [0.15, 0.2) is 0 Å². The van der Waals surface area contributed by atoms with Crippen molar-refractivity contribution >= 4 is 47.2 Å². The van der Waals surface area contributed by atoms with Gasteiger partial charge in [0.05, 0.1) is 12.5 Å². The van der Waals surface area contributed by atoms with Crippen molar-refractivity contribution in [3.63, 3.8) is 0 Å². The molecule has 0 saturated carbocycles. The summed E-state index contributed by atoms with van der Waals surface area (Å²) < 4.78 is -0.364. The molecule has 0 aromatic carbocycles. The monoisotopic (exact) mass is 375 g/mol. The van der Waals surface area contributed by atoms with E-state index in [0.29, 0.717) is 17.9 Å². The van der Waals surface area contributed by atoms with Crippen LogP contribution in [-0.4, -0.2) is 66.4 Å². The largest absolute Gasteiger partial charge is 0.481 e. The average Bonchev–Trinajstić information content (AvgIpc) is 2.65. The minimum atomic E-state index is -1.11. The maximum atomic E-state index is 12.2. The molecule has 1 amide bonds. The molecule has 0 bridgehead atoms. The molecule has 2 saturated heterocycles. The zero-order valence-electron chi connectivity index (χ0n) is 13.6. The Morgan fingerprint density at radius 3 is 2.42 bits per heavy atom. The smallest absolute Gasteiger partial charge is 0.319 e. The molecule has 7 nitrogen and oxygen atoms in total. The number of carboxylic acid groups (broad SMARTS) is 2. The molecule has 2 aliphatic heterocycles. The summed E-state index contributed by atoms with van der Waals surface area (Å²) in [5.41, 5.74) is 0. The van der Waals surface area contributed by atoms with Gasteiger partial charge in [-0.25, -0.2) is 0 Å². The molecule has 2 heterocycles. The summed E-state index contributed by atoms with van der Waals surface area (Å²) in [6, 6.07) is -0.285. The predicted octanol–water partition coefficient (Wildman–Crippen LogP) is 1.31. The fourth-order valence-electron chi connectivity index (χ4n) is 3.00. The maximum absolute atomic E-state index is 12.2. The fraction of sp³-hybridized carbons (Fsp3) is 0.733. The first kappa shape index (κ1) is 19.1. The van der Waals surface area contributed by atoms with Crippen molar-refractivity contribution in [1.29, 1.82) is 0 Å². The minimum Gasteiger partial charge on any atom is -0.481 e. The number of carbonyl (C=O) groups excluding carboxylic acids is 2. The van der Waals surface area contributed by atoms with E-state index in [4.69, 9.17) is 10.2 Å². The normalized spacial score (nSPS) is 27.5. The van der Waals surface area contributed by atoms with Crippen LogP contribution in [0.4, 0.5) is 0 Å². The van der Waals surface area contributed by atoms with E-state index >= 15 is 0 Å². The second-order valence-electron chi connectivity index (χ2n) is 6.44. The Kier molecular flexibility index (Phi) is 5.85. The van der Waals surface area contributed by atoms with Crippen molar-refractivity contribution in [2.24, 2.45) is 5.92 Å². The standard InChI is InChI=1S/C15H21NO6S2/c1-15(2)9(7-8(17)3-5-23-6-4-10(18)19)16-12(20)11(14(21)22)13(16)24-15/h9,11,13H,3-7H2,1-2H3,(H,18,19)(H,21,22)/t9-,11+,13+/m0/s1. The van der Waals surface area contributed by atoms with Gasteiger partial charge < -0.3 is 15.1 Å². The number of amides is 1. The number of fused-ring (bicyclic) bond motifs is 1. The highest BCUT2D eigenvalue weighted by Crippen LogP contribution is 2.54. The molecular formula is C15H21NO6S2. The third kappa shape index (κ3) is 3.88. The van der Waals surface area contributed by atoms with Crippen molar-refractivity contribution in [3.05, 3.63) is 0 Å². The van der Waals surface area contributed by atoms with Gasteiger partial charge in [0.25, 0.3) is 0 Å². The van der Waals surface area contributed by atoms with E-state index < -0.39 is 23.8 Å². The Hall–Kier alpha value is -1.22. The first-order valence-corrected chi connectivity index (χ1v) is 9.72. The predicted molar refractivity (Wildman–Crippen MR) is 91.0 cm³/mol. The van der Waals surface area contributed by atoms with Crippen LogP contribution in [-0.2, 0) is 19.2 Å². The Bertz CT molecular complexity index is 564. The lowest BCUT2D eigenvalue weighted by Crippen LogP contribution is -2.63. The topological polar surface area (TPSA) is 112 Å². The van der Waals surface area contributed by atoms with Crippen LogP contribution in [0, 0.1) is 5.92 Å². The number of Topliss-reactive ketones (excluding diaryl/α,β-unsaturated/α-hetero) is 1. The summed E-state index contributed by atoms with van der Waals surface area (Å²) >= 11 is 2.87. The van der Waals surface area contributed by atoms with Gasteiger partial charge >= 0.3 is 11.9 Å². The number of hydrogen-bond donors (Lipinski definition) is 2. The summed E-state index contributed by atoms with van der Waals surface area (Å²) in [5.74, 6) is -2.31. The highest BCUT2D eigenvalue weighted by molar-refractivity contribution is 8.01. The van der Waals surface area contributed by atoms with Crippen molar-refractivity contribution in [3.8, 4) is 0 Å². The van der Waals surface area contributed by atoms with Crippen molar-refractivity contribution in [1.82, 2.24) is 4.90 Å². The molecule has 2 rings (SSSR count). The van der Waals surface area contributed by atoms with E-state index in [0.717, 1.165) is 0 Å². The molecule has 0 unspecified atom stereocenters. The first-order valence-electron chi connectivity index (χ1n) is 7.69. The molecule has 2 aliphatic rings. The van der Waals surface area contributed by atoms with Crippen LogP contribution in [0.1, 0.15) is 33.1 Å². The van der Waals surface area contributed by atoms with E-state index in [2.05, 4.69) is 0 Å². The molecule has 0 aliphatic carbocycles. The summed E-state index contributed by atoms with van der Waals surface area (Å²) in [7, 11) is 0. The number of ketones is 1. The van der Waals surface area contributed by atoms with Crippen molar-refractivity contribution in [2.45, 2.75) is 49.3 Å². The van der Waals surface area contributed by atoms with Gasteiger partial charge in [-0.05, 0) is 13.8 Å². The maximum Gasteiger partial charge on any atom is 0.319 e. The lowest BCUT2D eigenvalue weighted by Gasteiger charge is -2.42. The highest BCUT2D eigenvalue weighted by atomic mass is 32.2. The Morgan fingerprint density at radius 1 is 1.21 bits per heavy atom. The molecule has 134 valence electrons. The van der Waals surface area contributed by atoms with E-state index in [9.17, 15) is 19.2 Å².